The first-order valence-electron chi connectivity index (χ1n) is 6.18. The van der Waals surface area contributed by atoms with Crippen molar-refractivity contribution in [2.24, 2.45) is 0 Å². The molecular formula is C13H13F3N4O. The minimum Gasteiger partial charge on any atom is -0.349 e. The molecule has 1 atom stereocenters. The molecule has 0 saturated heterocycles. The van der Waals surface area contributed by atoms with Gasteiger partial charge in [-0.15, -0.1) is 0 Å². The molecular weight excluding hydrogens is 285 g/mol. The van der Waals surface area contributed by atoms with Crippen molar-refractivity contribution in [3.8, 4) is 0 Å². The number of pyridine rings is 1. The molecule has 21 heavy (non-hydrogen) atoms. The molecule has 1 N–H and O–H groups in total. The summed E-state index contributed by atoms with van der Waals surface area (Å²) in [7, 11) is 0. The maximum absolute atomic E-state index is 12.5. The zero-order valence-corrected chi connectivity index (χ0v) is 11.1. The topological polar surface area (TPSA) is 59.8 Å². The van der Waals surface area contributed by atoms with Gasteiger partial charge in [0.05, 0.1) is 12.2 Å². The maximum atomic E-state index is 12.5. The Balaban J connectivity index is 1.98. The zero-order chi connectivity index (χ0) is 15.5. The second-order valence-electron chi connectivity index (χ2n) is 4.39. The fraction of sp³-hybridized carbons (Fsp3) is 0.308. The lowest BCUT2D eigenvalue weighted by atomic mass is 10.3. The highest BCUT2D eigenvalue weighted by atomic mass is 19.4. The van der Waals surface area contributed by atoms with Crippen LogP contribution in [-0.2, 0) is 17.5 Å². The smallest absolute Gasteiger partial charge is 0.349 e. The molecule has 8 heteroatoms. The number of nitrogens with zero attached hydrogens (tertiary/aromatic N) is 3. The van der Waals surface area contributed by atoms with Crippen LogP contribution in [0.2, 0.25) is 0 Å². The predicted octanol–water partition coefficient (Wildman–Crippen LogP) is 2.17. The Labute approximate surface area is 118 Å². The van der Waals surface area contributed by atoms with Crippen molar-refractivity contribution in [2.75, 3.05) is 0 Å². The summed E-state index contributed by atoms with van der Waals surface area (Å²) in [5.41, 5.74) is -0.360. The van der Waals surface area contributed by atoms with E-state index in [0.717, 1.165) is 16.9 Å². The number of hydrogen-bond donors (Lipinski definition) is 1. The van der Waals surface area contributed by atoms with Gasteiger partial charge in [-0.1, -0.05) is 6.07 Å². The molecule has 0 saturated carbocycles. The molecule has 112 valence electrons. The monoisotopic (exact) mass is 298 g/mol. The third kappa shape index (κ3) is 3.80. The van der Waals surface area contributed by atoms with E-state index in [1.807, 2.05) is 0 Å². The van der Waals surface area contributed by atoms with Gasteiger partial charge in [0.2, 0.25) is 5.91 Å². The Morgan fingerprint density at radius 1 is 1.38 bits per heavy atom. The lowest BCUT2D eigenvalue weighted by Crippen LogP contribution is -2.31. The van der Waals surface area contributed by atoms with Crippen LogP contribution < -0.4 is 5.32 Å². The molecule has 2 aromatic heterocycles. The van der Waals surface area contributed by atoms with Crippen LogP contribution in [0, 0.1) is 0 Å². The van der Waals surface area contributed by atoms with Crippen LogP contribution in [0.5, 0.6) is 0 Å². The van der Waals surface area contributed by atoms with Crippen molar-refractivity contribution in [3.05, 3.63) is 48.0 Å². The summed E-state index contributed by atoms with van der Waals surface area (Å²) in [5.74, 6) is -0.433. The summed E-state index contributed by atoms with van der Waals surface area (Å²) in [4.78, 5) is 15.9. The second kappa shape index (κ2) is 5.94. The minimum atomic E-state index is -4.52. The predicted molar refractivity (Wildman–Crippen MR) is 68.0 cm³/mol. The first-order chi connectivity index (χ1) is 9.88. The Bertz CT molecular complexity index is 609. The quantitative estimate of drug-likeness (QED) is 0.941. The standard InChI is InChI=1S/C13H13F3N4O/c1-9(20-7-5-11(19-20)13(14,15)16)12(21)18-8-10-4-2-3-6-17-10/h2-7,9H,8H2,1H3,(H,18,21). The van der Waals surface area contributed by atoms with Gasteiger partial charge in [-0.05, 0) is 25.1 Å². The van der Waals surface area contributed by atoms with Gasteiger partial charge >= 0.3 is 6.18 Å². The number of hydrogen-bond acceptors (Lipinski definition) is 3. The van der Waals surface area contributed by atoms with E-state index in [1.54, 1.807) is 24.4 Å². The summed E-state index contributed by atoms with van der Waals surface area (Å²) in [6.07, 6.45) is -1.79. The summed E-state index contributed by atoms with van der Waals surface area (Å²) in [6, 6.07) is 5.25. The summed E-state index contributed by atoms with van der Waals surface area (Å²) < 4.78 is 38.3. The molecule has 0 aromatic carbocycles. The van der Waals surface area contributed by atoms with Crippen molar-refractivity contribution >= 4 is 5.91 Å². The molecule has 0 aliphatic heterocycles. The van der Waals surface area contributed by atoms with Gasteiger partial charge < -0.3 is 5.32 Å². The van der Waals surface area contributed by atoms with E-state index in [9.17, 15) is 18.0 Å². The van der Waals surface area contributed by atoms with Crippen LogP contribution in [0.25, 0.3) is 0 Å². The fourth-order valence-electron chi connectivity index (χ4n) is 1.65. The highest BCUT2D eigenvalue weighted by Gasteiger charge is 2.34. The van der Waals surface area contributed by atoms with Gasteiger partial charge in [-0.3, -0.25) is 14.5 Å². The molecule has 0 aliphatic carbocycles. The average Bonchev–Trinajstić information content (AvgIpc) is 2.95. The average molecular weight is 298 g/mol. The molecule has 0 radical (unpaired) electrons. The lowest BCUT2D eigenvalue weighted by molar-refractivity contribution is -0.142. The van der Waals surface area contributed by atoms with Crippen LogP contribution in [0.4, 0.5) is 13.2 Å². The highest BCUT2D eigenvalue weighted by Crippen LogP contribution is 2.27. The van der Waals surface area contributed by atoms with Gasteiger partial charge in [-0.2, -0.15) is 18.3 Å². The van der Waals surface area contributed by atoms with Gasteiger partial charge in [0.15, 0.2) is 5.69 Å². The number of halogens is 3. The van der Waals surface area contributed by atoms with Crippen molar-refractivity contribution in [1.82, 2.24) is 20.1 Å². The minimum absolute atomic E-state index is 0.206. The Morgan fingerprint density at radius 2 is 2.14 bits per heavy atom. The van der Waals surface area contributed by atoms with Gasteiger partial charge in [0, 0.05) is 12.4 Å². The normalized spacial score (nSPS) is 13.0. The Hall–Kier alpha value is -2.38. The molecule has 5 nitrogen and oxygen atoms in total. The first-order valence-corrected chi connectivity index (χ1v) is 6.18. The summed E-state index contributed by atoms with van der Waals surface area (Å²) in [6.45, 7) is 1.68. The van der Waals surface area contributed by atoms with Crippen LogP contribution in [0.15, 0.2) is 36.7 Å². The number of alkyl halides is 3. The lowest BCUT2D eigenvalue weighted by Gasteiger charge is -2.12. The van der Waals surface area contributed by atoms with E-state index in [2.05, 4.69) is 15.4 Å². The molecule has 0 bridgehead atoms. The SMILES string of the molecule is CC(C(=O)NCc1ccccn1)n1ccc(C(F)(F)F)n1. The first kappa shape index (κ1) is 15.0. The summed E-state index contributed by atoms with van der Waals surface area (Å²) in [5, 5.41) is 5.97. The third-order valence-corrected chi connectivity index (χ3v) is 2.84. The van der Waals surface area contributed by atoms with E-state index in [-0.39, 0.29) is 6.54 Å². The molecule has 1 unspecified atom stereocenters. The number of nitrogens with one attached hydrogen (secondary N) is 1. The van der Waals surface area contributed by atoms with Crippen LogP contribution in [0.1, 0.15) is 24.4 Å². The number of amides is 1. The van der Waals surface area contributed by atoms with Gasteiger partial charge in [0.25, 0.3) is 0 Å². The molecule has 0 fully saturated rings. The van der Waals surface area contributed by atoms with Gasteiger partial charge in [0.1, 0.15) is 6.04 Å². The Kier molecular flexibility index (Phi) is 4.25. The molecule has 0 aliphatic rings. The number of rotatable bonds is 4. The Morgan fingerprint density at radius 3 is 2.71 bits per heavy atom. The molecule has 2 rings (SSSR count). The van der Waals surface area contributed by atoms with E-state index in [0.29, 0.717) is 5.69 Å². The van der Waals surface area contributed by atoms with E-state index in [1.165, 1.54) is 6.92 Å². The number of carbonyl (C=O) groups is 1. The molecule has 2 aromatic rings. The van der Waals surface area contributed by atoms with E-state index < -0.39 is 23.8 Å². The van der Waals surface area contributed by atoms with Crippen molar-refractivity contribution in [1.29, 1.82) is 0 Å². The molecule has 0 spiro atoms. The zero-order valence-electron chi connectivity index (χ0n) is 11.1. The number of aromatic nitrogens is 3. The van der Waals surface area contributed by atoms with E-state index in [4.69, 9.17) is 0 Å². The van der Waals surface area contributed by atoms with Crippen LogP contribution in [-0.4, -0.2) is 20.7 Å². The van der Waals surface area contributed by atoms with Crippen molar-refractivity contribution in [3.63, 3.8) is 0 Å². The highest BCUT2D eigenvalue weighted by molar-refractivity contribution is 5.79. The maximum Gasteiger partial charge on any atom is 0.435 e. The molecule has 1 amide bonds. The van der Waals surface area contributed by atoms with E-state index >= 15 is 0 Å². The fourth-order valence-corrected chi connectivity index (χ4v) is 1.65. The largest absolute Gasteiger partial charge is 0.435 e. The van der Waals surface area contributed by atoms with Crippen molar-refractivity contribution in [2.45, 2.75) is 25.7 Å². The number of carbonyl (C=O) groups excluding carboxylic acids is 1. The van der Waals surface area contributed by atoms with Crippen molar-refractivity contribution < 1.29 is 18.0 Å². The van der Waals surface area contributed by atoms with Crippen LogP contribution >= 0.6 is 0 Å². The third-order valence-electron chi connectivity index (χ3n) is 2.84. The van der Waals surface area contributed by atoms with Crippen LogP contribution in [0.3, 0.4) is 0 Å². The molecule has 2 heterocycles. The summed E-state index contributed by atoms with van der Waals surface area (Å²) >= 11 is 0. The van der Waals surface area contributed by atoms with Gasteiger partial charge in [-0.25, -0.2) is 0 Å². The second-order valence-corrected chi connectivity index (χ2v) is 4.39.